The maximum atomic E-state index is 13.6. The van der Waals surface area contributed by atoms with Crippen LogP contribution in [-0.2, 0) is 6.61 Å². The van der Waals surface area contributed by atoms with Gasteiger partial charge in [0.25, 0.3) is 0 Å². The first kappa shape index (κ1) is 14.7. The lowest BCUT2D eigenvalue weighted by atomic mass is 10.2. The monoisotopic (exact) mass is 313 g/mol. The van der Waals surface area contributed by atoms with Crippen molar-refractivity contribution in [1.82, 2.24) is 0 Å². The van der Waals surface area contributed by atoms with Crippen molar-refractivity contribution >= 4 is 28.8 Å². The predicted molar refractivity (Wildman–Crippen MR) is 78.0 cm³/mol. The largest absolute Gasteiger partial charge is 0.489 e. The van der Waals surface area contributed by atoms with Crippen molar-refractivity contribution in [2.24, 2.45) is 5.73 Å². The van der Waals surface area contributed by atoms with Crippen LogP contribution in [0.2, 0.25) is 5.02 Å². The lowest BCUT2D eigenvalue weighted by Crippen LogP contribution is -2.11. The van der Waals surface area contributed by atoms with Gasteiger partial charge in [-0.3, -0.25) is 0 Å². The molecule has 0 saturated carbocycles. The van der Waals surface area contributed by atoms with Gasteiger partial charge < -0.3 is 10.5 Å². The molecule has 2 aromatic rings. The lowest BCUT2D eigenvalue weighted by molar-refractivity contribution is 0.298. The second kappa shape index (κ2) is 6.15. The summed E-state index contributed by atoms with van der Waals surface area (Å²) in [6.45, 7) is -0.0573. The van der Waals surface area contributed by atoms with Crippen LogP contribution in [0.15, 0.2) is 36.4 Å². The van der Waals surface area contributed by atoms with Crippen LogP contribution in [0.4, 0.5) is 8.78 Å². The Morgan fingerprint density at radius 1 is 1.15 bits per heavy atom. The van der Waals surface area contributed by atoms with Crippen molar-refractivity contribution in [3.05, 3.63) is 64.2 Å². The minimum Gasteiger partial charge on any atom is -0.489 e. The summed E-state index contributed by atoms with van der Waals surface area (Å²) in [5.74, 6) is -0.766. The molecule has 0 atom stereocenters. The Morgan fingerprint density at radius 2 is 1.90 bits per heavy atom. The van der Waals surface area contributed by atoms with Gasteiger partial charge in [-0.25, -0.2) is 8.78 Å². The van der Waals surface area contributed by atoms with E-state index in [0.717, 1.165) is 6.07 Å². The summed E-state index contributed by atoms with van der Waals surface area (Å²) in [7, 11) is 0. The van der Waals surface area contributed by atoms with E-state index in [4.69, 9.17) is 34.3 Å². The van der Waals surface area contributed by atoms with E-state index < -0.39 is 11.6 Å². The van der Waals surface area contributed by atoms with Crippen molar-refractivity contribution < 1.29 is 13.5 Å². The third-order valence-electron chi connectivity index (χ3n) is 2.61. The summed E-state index contributed by atoms with van der Waals surface area (Å²) in [5, 5.41) is 0.403. The number of hydrogen-bond acceptors (Lipinski definition) is 2. The summed E-state index contributed by atoms with van der Waals surface area (Å²) in [5.41, 5.74) is 5.78. The smallest absolute Gasteiger partial charge is 0.137 e. The van der Waals surface area contributed by atoms with Crippen molar-refractivity contribution in [2.45, 2.75) is 6.61 Å². The molecule has 0 unspecified atom stereocenters. The molecule has 2 nitrogen and oxygen atoms in total. The number of benzene rings is 2. The van der Waals surface area contributed by atoms with Crippen LogP contribution in [0, 0.1) is 11.6 Å². The van der Waals surface area contributed by atoms with Gasteiger partial charge in [0.05, 0.1) is 0 Å². The molecule has 20 heavy (non-hydrogen) atoms. The zero-order valence-corrected chi connectivity index (χ0v) is 11.8. The van der Waals surface area contributed by atoms with E-state index in [2.05, 4.69) is 0 Å². The Kier molecular flexibility index (Phi) is 4.52. The molecular weight excluding hydrogens is 304 g/mol. The predicted octanol–water partition coefficient (Wildman–Crippen LogP) is 3.83. The average molecular weight is 314 g/mol. The second-order valence-electron chi connectivity index (χ2n) is 4.03. The van der Waals surface area contributed by atoms with E-state index in [-0.39, 0.29) is 28.5 Å². The molecule has 0 aliphatic carbocycles. The third-order valence-corrected chi connectivity index (χ3v) is 3.06. The SMILES string of the molecule is NC(=S)c1ccc(OCc2cc(Cl)ccc2F)cc1F. The number of halogens is 3. The first-order chi connectivity index (χ1) is 9.47. The molecule has 2 rings (SSSR count). The molecule has 104 valence electrons. The quantitative estimate of drug-likeness (QED) is 0.871. The molecule has 2 aromatic carbocycles. The molecule has 0 aromatic heterocycles. The number of thiocarbonyl (C=S) groups is 1. The first-order valence-electron chi connectivity index (χ1n) is 5.63. The fourth-order valence-electron chi connectivity index (χ4n) is 1.60. The van der Waals surface area contributed by atoms with Crippen molar-refractivity contribution in [2.75, 3.05) is 0 Å². The minimum absolute atomic E-state index is 0.0325. The Balaban J connectivity index is 2.13. The molecule has 0 radical (unpaired) electrons. The van der Waals surface area contributed by atoms with Gasteiger partial charge in [0, 0.05) is 22.2 Å². The number of hydrogen-bond donors (Lipinski definition) is 1. The van der Waals surface area contributed by atoms with Gasteiger partial charge in [-0.1, -0.05) is 23.8 Å². The Bertz CT molecular complexity index is 664. The fraction of sp³-hybridized carbons (Fsp3) is 0.0714. The van der Waals surface area contributed by atoms with E-state index in [0.29, 0.717) is 5.02 Å². The highest BCUT2D eigenvalue weighted by molar-refractivity contribution is 7.80. The van der Waals surface area contributed by atoms with E-state index in [1.807, 2.05) is 0 Å². The highest BCUT2D eigenvalue weighted by Gasteiger charge is 2.08. The van der Waals surface area contributed by atoms with Crippen LogP contribution in [0.1, 0.15) is 11.1 Å². The van der Waals surface area contributed by atoms with E-state index in [1.54, 1.807) is 0 Å². The van der Waals surface area contributed by atoms with Gasteiger partial charge in [0.15, 0.2) is 0 Å². The molecule has 0 spiro atoms. The molecule has 0 aliphatic rings. The van der Waals surface area contributed by atoms with Crippen molar-refractivity contribution in [3.63, 3.8) is 0 Å². The lowest BCUT2D eigenvalue weighted by Gasteiger charge is -2.09. The zero-order valence-electron chi connectivity index (χ0n) is 10.2. The van der Waals surface area contributed by atoms with Gasteiger partial charge in [0.2, 0.25) is 0 Å². The summed E-state index contributed by atoms with van der Waals surface area (Å²) < 4.78 is 32.4. The molecule has 0 aliphatic heterocycles. The third kappa shape index (κ3) is 3.43. The fourth-order valence-corrected chi connectivity index (χ4v) is 1.96. The molecule has 0 heterocycles. The molecule has 0 amide bonds. The number of rotatable bonds is 4. The van der Waals surface area contributed by atoms with Crippen LogP contribution < -0.4 is 10.5 Å². The van der Waals surface area contributed by atoms with Gasteiger partial charge in [-0.05, 0) is 30.3 Å². The summed E-state index contributed by atoms with van der Waals surface area (Å²) in [6, 6.07) is 8.23. The van der Waals surface area contributed by atoms with Crippen LogP contribution in [-0.4, -0.2) is 4.99 Å². The van der Waals surface area contributed by atoms with Crippen LogP contribution in [0.5, 0.6) is 5.75 Å². The van der Waals surface area contributed by atoms with Gasteiger partial charge >= 0.3 is 0 Å². The summed E-state index contributed by atoms with van der Waals surface area (Å²) in [6.07, 6.45) is 0. The first-order valence-corrected chi connectivity index (χ1v) is 6.42. The highest BCUT2D eigenvalue weighted by Crippen LogP contribution is 2.20. The normalized spacial score (nSPS) is 10.3. The topological polar surface area (TPSA) is 35.2 Å². The van der Waals surface area contributed by atoms with E-state index in [9.17, 15) is 8.78 Å². The van der Waals surface area contributed by atoms with E-state index >= 15 is 0 Å². The Morgan fingerprint density at radius 3 is 2.55 bits per heavy atom. The van der Waals surface area contributed by atoms with Crippen molar-refractivity contribution in [3.8, 4) is 5.75 Å². The summed E-state index contributed by atoms with van der Waals surface area (Å²) >= 11 is 10.5. The van der Waals surface area contributed by atoms with Crippen LogP contribution >= 0.6 is 23.8 Å². The Labute approximate surface area is 125 Å². The van der Waals surface area contributed by atoms with Crippen molar-refractivity contribution in [1.29, 1.82) is 0 Å². The molecule has 6 heteroatoms. The van der Waals surface area contributed by atoms with Gasteiger partial charge in [0.1, 0.15) is 29.0 Å². The highest BCUT2D eigenvalue weighted by atomic mass is 35.5. The van der Waals surface area contributed by atoms with Crippen LogP contribution in [0.25, 0.3) is 0 Å². The molecular formula is C14H10ClF2NOS. The zero-order chi connectivity index (χ0) is 14.7. The molecule has 2 N–H and O–H groups in total. The maximum Gasteiger partial charge on any atom is 0.137 e. The number of nitrogens with two attached hydrogens (primary N) is 1. The average Bonchev–Trinajstić information content (AvgIpc) is 2.39. The molecule has 0 fully saturated rings. The minimum atomic E-state index is -0.582. The van der Waals surface area contributed by atoms with E-state index in [1.165, 1.54) is 30.3 Å². The van der Waals surface area contributed by atoms with Crippen LogP contribution in [0.3, 0.4) is 0 Å². The van der Waals surface area contributed by atoms with Gasteiger partial charge in [-0.2, -0.15) is 0 Å². The molecule has 0 saturated heterocycles. The second-order valence-corrected chi connectivity index (χ2v) is 4.91. The summed E-state index contributed by atoms with van der Waals surface area (Å²) in [4.78, 5) is -0.0325. The standard InChI is InChI=1S/C14H10ClF2NOS/c15-9-1-4-12(16)8(5-9)7-19-10-2-3-11(14(18)20)13(17)6-10/h1-6H,7H2,(H2,18,20). The van der Waals surface area contributed by atoms with Gasteiger partial charge in [-0.15, -0.1) is 0 Å². The number of ether oxygens (including phenoxy) is 1. The maximum absolute atomic E-state index is 13.6. The Hall–Kier alpha value is -1.72. The molecule has 0 bridgehead atoms.